The van der Waals surface area contributed by atoms with Crippen LogP contribution in [0.25, 0.3) is 0 Å². The molecule has 7 nitrogen and oxygen atoms in total. The fourth-order valence-corrected chi connectivity index (χ4v) is 6.92. The van der Waals surface area contributed by atoms with Crippen LogP contribution >= 0.6 is 0 Å². The maximum atomic E-state index is 12.6. The Morgan fingerprint density at radius 3 is 2.19 bits per heavy atom. The van der Waals surface area contributed by atoms with E-state index in [1.165, 1.54) is 19.3 Å². The summed E-state index contributed by atoms with van der Waals surface area (Å²) in [6, 6.07) is 7.20. The van der Waals surface area contributed by atoms with Gasteiger partial charge in [-0.3, -0.25) is 4.79 Å². The molecule has 1 aromatic rings. The molecule has 0 spiro atoms. The Balaban J connectivity index is 1.04. The van der Waals surface area contributed by atoms with E-state index in [9.17, 15) is 14.7 Å². The number of para-hydroxylation sites is 2. The van der Waals surface area contributed by atoms with Crippen molar-refractivity contribution in [2.24, 2.45) is 17.8 Å². The first-order valence-electron chi connectivity index (χ1n) is 11.9. The number of phenols is 1. The highest BCUT2D eigenvalue weighted by atomic mass is 16.3. The minimum Gasteiger partial charge on any atom is -0.506 e. The van der Waals surface area contributed by atoms with Crippen molar-refractivity contribution in [2.75, 3.05) is 37.6 Å². The van der Waals surface area contributed by atoms with Gasteiger partial charge in [-0.05, 0) is 68.4 Å². The molecule has 1 aromatic carbocycles. The van der Waals surface area contributed by atoms with Crippen LogP contribution in [0.3, 0.4) is 0 Å². The fraction of sp³-hybridized carbons (Fsp3) is 0.667. The van der Waals surface area contributed by atoms with E-state index in [1.54, 1.807) is 6.07 Å². The normalized spacial score (nSPS) is 31.5. The van der Waals surface area contributed by atoms with E-state index in [2.05, 4.69) is 15.5 Å². The number of amides is 3. The molecule has 5 fully saturated rings. The van der Waals surface area contributed by atoms with E-state index in [0.29, 0.717) is 39.1 Å². The molecule has 168 valence electrons. The van der Waals surface area contributed by atoms with Gasteiger partial charge in [-0.1, -0.05) is 12.1 Å². The van der Waals surface area contributed by atoms with Crippen LogP contribution in [0.5, 0.6) is 5.75 Å². The summed E-state index contributed by atoms with van der Waals surface area (Å²) in [5.74, 6) is 2.74. The van der Waals surface area contributed by atoms with Gasteiger partial charge >= 0.3 is 6.03 Å². The van der Waals surface area contributed by atoms with Crippen molar-refractivity contribution in [3.63, 3.8) is 0 Å². The molecule has 1 aliphatic heterocycles. The maximum Gasteiger partial charge on any atom is 0.315 e. The van der Waals surface area contributed by atoms with Gasteiger partial charge in [0.25, 0.3) is 0 Å². The Morgan fingerprint density at radius 2 is 1.58 bits per heavy atom. The average Bonchev–Trinajstić information content (AvgIpc) is 2.73. The summed E-state index contributed by atoms with van der Waals surface area (Å²) in [5, 5.41) is 16.3. The lowest BCUT2D eigenvalue weighted by Gasteiger charge is -2.56. The number of nitrogens with zero attached hydrogens (tertiary/aromatic N) is 2. The van der Waals surface area contributed by atoms with Crippen LogP contribution in [0.2, 0.25) is 0 Å². The maximum absolute atomic E-state index is 12.6. The Bertz CT molecular complexity index is 799. The van der Waals surface area contributed by atoms with Gasteiger partial charge in [0.05, 0.1) is 5.69 Å². The van der Waals surface area contributed by atoms with E-state index >= 15 is 0 Å². The number of carbonyl (C=O) groups excluding carboxylic acids is 2. The molecule has 7 heteroatoms. The number of aromatic hydroxyl groups is 1. The van der Waals surface area contributed by atoms with Crippen LogP contribution in [0.1, 0.15) is 44.9 Å². The molecule has 0 unspecified atom stereocenters. The molecular formula is C24H34N4O3. The van der Waals surface area contributed by atoms with Gasteiger partial charge < -0.3 is 25.5 Å². The average molecular weight is 427 g/mol. The number of hydrogen-bond donors (Lipinski definition) is 3. The first-order valence-corrected chi connectivity index (χ1v) is 11.9. The molecule has 5 aliphatic rings. The second-order valence-corrected chi connectivity index (χ2v) is 10.2. The van der Waals surface area contributed by atoms with Crippen molar-refractivity contribution in [1.29, 1.82) is 0 Å². The largest absolute Gasteiger partial charge is 0.506 e. The lowest BCUT2D eigenvalue weighted by atomic mass is 9.53. The van der Waals surface area contributed by atoms with Crippen LogP contribution in [0.15, 0.2) is 24.3 Å². The second-order valence-electron chi connectivity index (χ2n) is 10.2. The second kappa shape index (κ2) is 8.24. The number of rotatable bonds is 5. The van der Waals surface area contributed by atoms with Crippen LogP contribution in [-0.4, -0.2) is 60.2 Å². The SMILES string of the molecule is O=C(NCCC(=O)N1CCN(c2ccccc2O)CC1)NC12CC3CC(CC(C3)C1)C2. The molecule has 0 atom stereocenters. The predicted molar refractivity (Wildman–Crippen MR) is 119 cm³/mol. The number of anilines is 1. The van der Waals surface area contributed by atoms with Crippen LogP contribution in [-0.2, 0) is 4.79 Å². The van der Waals surface area contributed by atoms with E-state index in [4.69, 9.17) is 0 Å². The zero-order valence-electron chi connectivity index (χ0n) is 18.2. The molecule has 4 saturated carbocycles. The summed E-state index contributed by atoms with van der Waals surface area (Å²) in [7, 11) is 0. The smallest absolute Gasteiger partial charge is 0.315 e. The van der Waals surface area contributed by atoms with E-state index in [-0.39, 0.29) is 23.2 Å². The first-order chi connectivity index (χ1) is 15.0. The molecule has 4 bridgehead atoms. The third-order valence-electron chi connectivity index (χ3n) is 7.90. The summed E-state index contributed by atoms with van der Waals surface area (Å²) in [6.07, 6.45) is 7.79. The van der Waals surface area contributed by atoms with Crippen molar-refractivity contribution < 1.29 is 14.7 Å². The van der Waals surface area contributed by atoms with Crippen molar-refractivity contribution >= 4 is 17.6 Å². The molecule has 3 N–H and O–H groups in total. The van der Waals surface area contributed by atoms with Crippen LogP contribution < -0.4 is 15.5 Å². The third kappa shape index (κ3) is 4.32. The Labute approximate surface area is 184 Å². The summed E-state index contributed by atoms with van der Waals surface area (Å²) < 4.78 is 0. The fourth-order valence-electron chi connectivity index (χ4n) is 6.92. The molecule has 6 rings (SSSR count). The zero-order valence-corrected chi connectivity index (χ0v) is 18.2. The van der Waals surface area contributed by atoms with Gasteiger partial charge in [0.2, 0.25) is 5.91 Å². The highest BCUT2D eigenvalue weighted by Crippen LogP contribution is 2.55. The van der Waals surface area contributed by atoms with Gasteiger partial charge in [0.15, 0.2) is 0 Å². The quantitative estimate of drug-likeness (QED) is 0.676. The minimum absolute atomic E-state index is 0.00215. The summed E-state index contributed by atoms with van der Waals surface area (Å²) in [4.78, 5) is 29.1. The van der Waals surface area contributed by atoms with Crippen molar-refractivity contribution in [1.82, 2.24) is 15.5 Å². The van der Waals surface area contributed by atoms with E-state index in [0.717, 1.165) is 42.7 Å². The van der Waals surface area contributed by atoms with Crippen molar-refractivity contribution in [3.8, 4) is 5.75 Å². The molecular weight excluding hydrogens is 392 g/mol. The number of hydrogen-bond acceptors (Lipinski definition) is 4. The lowest BCUT2D eigenvalue weighted by Crippen LogP contribution is -2.61. The number of nitrogens with one attached hydrogen (secondary N) is 2. The lowest BCUT2D eigenvalue weighted by molar-refractivity contribution is -0.131. The highest BCUT2D eigenvalue weighted by Gasteiger charge is 2.51. The standard InChI is InChI=1S/C24H34N4O3/c29-21-4-2-1-3-20(21)27-7-9-28(10-8-27)22(30)5-6-25-23(31)26-24-14-17-11-18(15-24)13-19(12-17)16-24/h1-4,17-19,29H,5-16H2,(H2,25,26,31). The molecule has 4 aliphatic carbocycles. The molecule has 0 radical (unpaired) electrons. The molecule has 3 amide bonds. The number of phenolic OH excluding ortho intramolecular Hbond substituents is 1. The number of urea groups is 1. The topological polar surface area (TPSA) is 84.9 Å². The molecule has 31 heavy (non-hydrogen) atoms. The van der Waals surface area contributed by atoms with Crippen molar-refractivity contribution in [3.05, 3.63) is 24.3 Å². The Hall–Kier alpha value is -2.44. The van der Waals surface area contributed by atoms with Gasteiger partial charge in [-0.25, -0.2) is 4.79 Å². The predicted octanol–water partition coefficient (Wildman–Crippen LogP) is 2.70. The monoisotopic (exact) mass is 426 g/mol. The third-order valence-corrected chi connectivity index (χ3v) is 7.90. The van der Waals surface area contributed by atoms with E-state index in [1.807, 2.05) is 23.1 Å². The Kier molecular flexibility index (Phi) is 5.44. The summed E-state index contributed by atoms with van der Waals surface area (Å²) in [5.41, 5.74) is 0.819. The van der Waals surface area contributed by atoms with Gasteiger partial charge in [-0.2, -0.15) is 0 Å². The van der Waals surface area contributed by atoms with Crippen LogP contribution in [0, 0.1) is 17.8 Å². The highest BCUT2D eigenvalue weighted by molar-refractivity contribution is 5.79. The number of carbonyl (C=O) groups is 2. The zero-order chi connectivity index (χ0) is 21.4. The molecule has 0 aromatic heterocycles. The summed E-state index contributed by atoms with van der Waals surface area (Å²) in [6.45, 7) is 3.03. The minimum atomic E-state index is -0.112. The number of benzene rings is 1. The molecule has 1 saturated heterocycles. The number of piperazine rings is 1. The van der Waals surface area contributed by atoms with Crippen LogP contribution in [0.4, 0.5) is 10.5 Å². The Morgan fingerprint density at radius 1 is 0.968 bits per heavy atom. The van der Waals surface area contributed by atoms with Gasteiger partial charge in [0.1, 0.15) is 5.75 Å². The molecule has 1 heterocycles. The first kappa shape index (κ1) is 20.5. The summed E-state index contributed by atoms with van der Waals surface area (Å²) >= 11 is 0. The van der Waals surface area contributed by atoms with Gasteiger partial charge in [-0.15, -0.1) is 0 Å². The van der Waals surface area contributed by atoms with Gasteiger partial charge in [0, 0.05) is 44.7 Å². The van der Waals surface area contributed by atoms with E-state index < -0.39 is 0 Å². The van der Waals surface area contributed by atoms with Crippen molar-refractivity contribution in [2.45, 2.75) is 50.5 Å².